The number of benzene rings is 16. The number of fused-ring (bicyclic) bond motifs is 26. The van der Waals surface area contributed by atoms with Crippen molar-refractivity contribution < 1.29 is 8.83 Å². The Morgan fingerprint density at radius 3 is 1.26 bits per heavy atom. The second-order valence-corrected chi connectivity index (χ2v) is 26.4. The highest BCUT2D eigenvalue weighted by Gasteiger charge is 2.27. The van der Waals surface area contributed by atoms with Gasteiger partial charge < -0.3 is 13.8 Å². The Morgan fingerprint density at radius 1 is 0.267 bits per heavy atom. The summed E-state index contributed by atoms with van der Waals surface area (Å²) in [4.78, 5) is 23.4. The van der Waals surface area contributed by atoms with E-state index < -0.39 is 0 Å². The van der Waals surface area contributed by atoms with Gasteiger partial charge in [0.2, 0.25) is 5.95 Å². The van der Waals surface area contributed by atoms with Crippen LogP contribution in [0.4, 0.5) is 0 Å². The van der Waals surface area contributed by atoms with Crippen molar-refractivity contribution in [2.24, 2.45) is 0 Å². The van der Waals surface area contributed by atoms with Crippen LogP contribution >= 0.6 is 15.9 Å². The van der Waals surface area contributed by atoms with Gasteiger partial charge in [-0.05, 0) is 107 Å². The number of furan rings is 2. The maximum absolute atomic E-state index is 6.88. The third-order valence-electron chi connectivity index (χ3n) is 20.0. The van der Waals surface area contributed by atoms with Gasteiger partial charge in [0.1, 0.15) is 16.7 Å². The van der Waals surface area contributed by atoms with Gasteiger partial charge >= 0.3 is 0 Å². The first kappa shape index (κ1) is 58.1. The number of rotatable bonds is 5. The predicted molar refractivity (Wildman–Crippen MR) is 423 cm³/mol. The Balaban J connectivity index is 0.000000115. The molecule has 0 saturated carbocycles. The van der Waals surface area contributed by atoms with Gasteiger partial charge in [0.25, 0.3) is 0 Å². The Bertz CT molecular complexity index is 7090. The first-order valence-electron chi connectivity index (χ1n) is 33.9. The van der Waals surface area contributed by atoms with Gasteiger partial charge in [-0.1, -0.05) is 291 Å². The first-order valence-corrected chi connectivity index (χ1v) is 34.7. The van der Waals surface area contributed by atoms with Gasteiger partial charge in [0.15, 0.2) is 15.9 Å². The Morgan fingerprint density at radius 2 is 0.683 bits per heavy atom. The molecule has 0 bridgehead atoms. The van der Waals surface area contributed by atoms with Crippen molar-refractivity contribution in [3.8, 4) is 50.7 Å². The number of halogens is 1. The molecule has 0 fully saturated rings. The van der Waals surface area contributed by atoms with Crippen LogP contribution in [0.2, 0.25) is 0 Å². The number of para-hydroxylation sites is 4. The van der Waals surface area contributed by atoms with E-state index in [0.29, 0.717) is 10.7 Å². The summed E-state index contributed by atoms with van der Waals surface area (Å²) < 4.78 is 16.2. The van der Waals surface area contributed by atoms with Crippen LogP contribution in [0.1, 0.15) is 0 Å². The summed E-state index contributed by atoms with van der Waals surface area (Å²) in [6.07, 6.45) is 0. The number of hydrogen-bond donors (Lipinski definition) is 1. The summed E-state index contributed by atoms with van der Waals surface area (Å²) >= 11 is 3.36. The molecule has 0 saturated heterocycles. The quantitative estimate of drug-likeness (QED) is 0.172. The lowest BCUT2D eigenvalue weighted by Gasteiger charge is -2.13. The molecule has 0 unspecified atom stereocenters. The molecule has 0 aliphatic carbocycles. The van der Waals surface area contributed by atoms with Gasteiger partial charge in [-0.3, -0.25) is 4.57 Å². The molecule has 22 rings (SSSR count). The van der Waals surface area contributed by atoms with Crippen molar-refractivity contribution in [2.45, 2.75) is 0 Å². The van der Waals surface area contributed by atoms with Crippen LogP contribution < -0.4 is 0 Å². The fraction of sp³-hybridized carbons (Fsp3) is 0. The Kier molecular flexibility index (Phi) is 13.6. The van der Waals surface area contributed by atoms with Gasteiger partial charge in [0, 0.05) is 75.8 Å². The second kappa shape index (κ2) is 23.6. The van der Waals surface area contributed by atoms with E-state index in [9.17, 15) is 0 Å². The van der Waals surface area contributed by atoms with Crippen LogP contribution in [-0.2, 0) is 0 Å². The fourth-order valence-electron chi connectivity index (χ4n) is 15.5. The predicted octanol–water partition coefficient (Wildman–Crippen LogP) is 25.5. The number of aromatic amines is 1. The zero-order valence-electron chi connectivity index (χ0n) is 54.1. The maximum Gasteiger partial charge on any atom is 0.235 e. The zero-order chi connectivity index (χ0) is 66.7. The van der Waals surface area contributed by atoms with Crippen molar-refractivity contribution in [1.29, 1.82) is 0 Å². The van der Waals surface area contributed by atoms with Crippen LogP contribution in [0.5, 0.6) is 0 Å². The highest BCUT2D eigenvalue weighted by Crippen LogP contribution is 2.49. The zero-order valence-corrected chi connectivity index (χ0v) is 55.7. The summed E-state index contributed by atoms with van der Waals surface area (Å²) in [7, 11) is 0. The number of hydrogen-bond acceptors (Lipinski definition) is 6. The highest BCUT2D eigenvalue weighted by atomic mass is 79.9. The van der Waals surface area contributed by atoms with E-state index in [2.05, 4.69) is 296 Å². The van der Waals surface area contributed by atoms with Crippen molar-refractivity contribution in [3.63, 3.8) is 0 Å². The number of H-pyrrole nitrogens is 1. The lowest BCUT2D eigenvalue weighted by Crippen LogP contribution is -2.04. The number of nitrogens with one attached hydrogen (secondary N) is 1. The minimum atomic E-state index is 0.610. The SMILES string of the molecule is Brc1nc(-c2ccccc2)c2ccccc2n1.c1ccc(-c2ccc3c(ccc4c3[nH]c3c5oc6ccccc6c5c5ccccc5c43)c2)cc1.c1ccc(-c2ccc3c(ccc4c5c6ccccc6c6c7ccccc7oc6c5n(-c5nc(-c6ccccc6)c6ccccc6n5)c34)c2)cc1. The standard InChI is InChI=1S/C46H27N3O.C32H19NO.C14H9BrN2/c1-3-13-28(14-4-1)30-23-25-32-31(27-30)24-26-37-40-33-17-7-8-18-34(33)41-36-20-10-12-22-39(36)50-45(41)44(40)49(43(32)37)46-47-38-21-11-9-19-35(38)42(48-46)29-15-5-2-6-16-29;1-2-8-19(9-3-1)20-14-16-22-21(18-20)15-17-26-28-23-10-4-5-11-24(23)29-25-12-6-7-13-27(25)34-32(29)31(28)33-30(22)26;15-14-16-12-9-5-4-8-11(12)13(17-14)10-6-2-1-3-7-10/h1-27H;1-18,33H;1-9H. The summed E-state index contributed by atoms with van der Waals surface area (Å²) in [5.74, 6) is 0.610. The molecular formula is C92H55BrN6O2. The molecule has 16 aromatic carbocycles. The molecule has 0 spiro atoms. The van der Waals surface area contributed by atoms with Crippen molar-refractivity contribution in [2.75, 3.05) is 0 Å². The number of nitrogens with zero attached hydrogens (tertiary/aromatic N) is 5. The second-order valence-electron chi connectivity index (χ2n) is 25.7. The molecule has 1 N–H and O–H groups in total. The largest absolute Gasteiger partial charge is 0.454 e. The molecule has 6 aromatic heterocycles. The minimum absolute atomic E-state index is 0.610. The van der Waals surface area contributed by atoms with E-state index in [-0.39, 0.29) is 0 Å². The monoisotopic (exact) mass is 1350 g/mol. The van der Waals surface area contributed by atoms with Crippen LogP contribution in [-0.4, -0.2) is 29.5 Å². The molecule has 9 heteroatoms. The van der Waals surface area contributed by atoms with E-state index >= 15 is 0 Å². The summed E-state index contributed by atoms with van der Waals surface area (Å²) in [5.41, 5.74) is 18.5. The first-order chi connectivity index (χ1) is 50.0. The van der Waals surface area contributed by atoms with Gasteiger partial charge in [-0.2, -0.15) is 0 Å². The third-order valence-corrected chi connectivity index (χ3v) is 20.3. The molecule has 472 valence electrons. The van der Waals surface area contributed by atoms with E-state index in [4.69, 9.17) is 18.8 Å². The number of aromatic nitrogens is 6. The molecule has 0 radical (unpaired) electrons. The van der Waals surface area contributed by atoms with Gasteiger partial charge in [-0.25, -0.2) is 19.9 Å². The average molecular weight is 1360 g/mol. The van der Waals surface area contributed by atoms with Crippen LogP contribution in [0, 0.1) is 0 Å². The molecule has 0 amide bonds. The van der Waals surface area contributed by atoms with Crippen molar-refractivity contribution in [3.05, 3.63) is 332 Å². The van der Waals surface area contributed by atoms with Crippen LogP contribution in [0.3, 0.4) is 0 Å². The molecule has 101 heavy (non-hydrogen) atoms. The highest BCUT2D eigenvalue weighted by molar-refractivity contribution is 9.10. The summed E-state index contributed by atoms with van der Waals surface area (Å²) in [6.45, 7) is 0. The third kappa shape index (κ3) is 9.50. The maximum atomic E-state index is 6.88. The van der Waals surface area contributed by atoms with E-state index in [1.54, 1.807) is 0 Å². The lowest BCUT2D eigenvalue weighted by molar-refractivity contribution is 0.671. The molecule has 8 nitrogen and oxygen atoms in total. The van der Waals surface area contributed by atoms with E-state index in [1.165, 1.54) is 70.7 Å². The van der Waals surface area contributed by atoms with Gasteiger partial charge in [0.05, 0.1) is 39.0 Å². The molecular weight excluding hydrogens is 1300 g/mol. The molecule has 0 aliphatic heterocycles. The summed E-state index contributed by atoms with van der Waals surface area (Å²) in [6, 6.07) is 115. The van der Waals surface area contributed by atoms with Crippen LogP contribution in [0.25, 0.3) is 203 Å². The molecule has 0 atom stereocenters. The van der Waals surface area contributed by atoms with E-state index in [0.717, 1.165) is 126 Å². The molecule has 22 aromatic rings. The van der Waals surface area contributed by atoms with Crippen molar-refractivity contribution >= 4 is 168 Å². The normalized spacial score (nSPS) is 11.8. The smallest absolute Gasteiger partial charge is 0.235 e. The average Bonchev–Trinajstić information content (AvgIpc) is 1.53. The van der Waals surface area contributed by atoms with E-state index in [1.807, 2.05) is 66.7 Å². The Hall–Kier alpha value is -13.1. The minimum Gasteiger partial charge on any atom is -0.454 e. The molecule has 0 aliphatic rings. The summed E-state index contributed by atoms with van der Waals surface area (Å²) in [5, 5.41) is 20.9. The Labute approximate surface area is 585 Å². The topological polar surface area (TPSA) is 98.6 Å². The lowest BCUT2D eigenvalue weighted by atomic mass is 9.97. The van der Waals surface area contributed by atoms with Crippen molar-refractivity contribution in [1.82, 2.24) is 29.5 Å². The fourth-order valence-corrected chi connectivity index (χ4v) is 15.9. The molecule has 6 heterocycles. The van der Waals surface area contributed by atoms with Gasteiger partial charge in [-0.15, -0.1) is 0 Å². The van der Waals surface area contributed by atoms with Crippen LogP contribution in [0.15, 0.2) is 341 Å².